The number of thioether (sulfide) groups is 1. The van der Waals surface area contributed by atoms with Crippen LogP contribution < -0.4 is 10.6 Å². The zero-order chi connectivity index (χ0) is 11.8. The molecule has 1 fully saturated rings. The Bertz CT molecular complexity index is 534. The Balaban J connectivity index is 1.94. The van der Waals surface area contributed by atoms with Crippen LogP contribution in [-0.2, 0) is 0 Å². The average Bonchev–Trinajstić information content (AvgIpc) is 2.96. The third-order valence-corrected chi connectivity index (χ3v) is 4.30. The van der Waals surface area contributed by atoms with Crippen LogP contribution in [0.5, 0.6) is 0 Å². The van der Waals surface area contributed by atoms with Crippen molar-refractivity contribution < 1.29 is 4.42 Å². The van der Waals surface area contributed by atoms with Gasteiger partial charge in [-0.05, 0) is 30.4 Å². The van der Waals surface area contributed by atoms with Gasteiger partial charge in [-0.1, -0.05) is 0 Å². The van der Waals surface area contributed by atoms with E-state index in [-0.39, 0.29) is 0 Å². The Morgan fingerprint density at radius 1 is 1.53 bits per heavy atom. The molecular weight excluding hydrogens is 234 g/mol. The molecule has 0 amide bonds. The normalized spacial score (nSPS) is 19.9. The maximum absolute atomic E-state index is 5.75. The third kappa shape index (κ3) is 1.95. The lowest BCUT2D eigenvalue weighted by atomic mass is 10.2. The quantitative estimate of drug-likeness (QED) is 0.828. The summed E-state index contributed by atoms with van der Waals surface area (Å²) in [5, 5.41) is 0. The Labute approximate surface area is 104 Å². The molecule has 1 unspecified atom stereocenters. The van der Waals surface area contributed by atoms with Gasteiger partial charge in [0.1, 0.15) is 5.52 Å². The molecule has 1 atom stereocenters. The molecule has 2 aromatic rings. The molecule has 2 heterocycles. The number of hydrogen-bond acceptors (Lipinski definition) is 5. The van der Waals surface area contributed by atoms with Gasteiger partial charge >= 0.3 is 0 Å². The number of fused-ring (bicyclic) bond motifs is 1. The zero-order valence-corrected chi connectivity index (χ0v) is 10.5. The van der Waals surface area contributed by atoms with Gasteiger partial charge in [0.15, 0.2) is 5.58 Å². The van der Waals surface area contributed by atoms with E-state index in [9.17, 15) is 0 Å². The Kier molecular flexibility index (Phi) is 2.63. The van der Waals surface area contributed by atoms with E-state index in [0.29, 0.717) is 12.1 Å². The van der Waals surface area contributed by atoms with E-state index >= 15 is 0 Å². The molecule has 1 aliphatic rings. The van der Waals surface area contributed by atoms with E-state index in [4.69, 9.17) is 10.2 Å². The molecule has 0 radical (unpaired) electrons. The van der Waals surface area contributed by atoms with Crippen molar-refractivity contribution in [3.8, 4) is 0 Å². The molecule has 0 saturated carbocycles. The summed E-state index contributed by atoms with van der Waals surface area (Å²) in [5.74, 6) is 2.37. The van der Waals surface area contributed by atoms with E-state index in [0.717, 1.165) is 22.5 Å². The first-order valence-electron chi connectivity index (χ1n) is 5.71. The molecule has 1 aromatic heterocycles. The van der Waals surface area contributed by atoms with E-state index in [1.54, 1.807) is 0 Å². The number of nitrogens with zero attached hydrogens (tertiary/aromatic N) is 2. The minimum absolute atomic E-state index is 0.533. The Hall–Kier alpha value is -1.36. The molecule has 4 nitrogen and oxygen atoms in total. The second-order valence-corrected chi connectivity index (χ2v) is 5.50. The van der Waals surface area contributed by atoms with Gasteiger partial charge < -0.3 is 15.1 Å². The Morgan fingerprint density at radius 2 is 2.41 bits per heavy atom. The number of aromatic nitrogens is 1. The second kappa shape index (κ2) is 4.14. The number of oxazole rings is 1. The monoisotopic (exact) mass is 249 g/mol. The SMILES string of the molecule is CN(c1nc2cc(N)ccc2o1)C1CCSC1. The summed E-state index contributed by atoms with van der Waals surface area (Å²) in [4.78, 5) is 6.62. The largest absolute Gasteiger partial charge is 0.423 e. The topological polar surface area (TPSA) is 55.3 Å². The van der Waals surface area contributed by atoms with Crippen molar-refractivity contribution in [2.24, 2.45) is 0 Å². The second-order valence-electron chi connectivity index (χ2n) is 4.35. The first-order valence-corrected chi connectivity index (χ1v) is 6.86. The summed E-state index contributed by atoms with van der Waals surface area (Å²) in [6.45, 7) is 0. The summed E-state index contributed by atoms with van der Waals surface area (Å²) in [6.07, 6.45) is 1.20. The van der Waals surface area contributed by atoms with E-state index in [1.165, 1.54) is 12.2 Å². The molecular formula is C12H15N3OS. The van der Waals surface area contributed by atoms with Gasteiger partial charge in [0.2, 0.25) is 0 Å². The summed E-state index contributed by atoms with van der Waals surface area (Å²) < 4.78 is 5.75. The van der Waals surface area contributed by atoms with Crippen LogP contribution in [0.4, 0.5) is 11.7 Å². The number of hydrogen-bond donors (Lipinski definition) is 1. The fourth-order valence-electron chi connectivity index (χ4n) is 2.07. The van der Waals surface area contributed by atoms with Crippen molar-refractivity contribution in [2.75, 3.05) is 29.2 Å². The molecule has 1 saturated heterocycles. The third-order valence-electron chi connectivity index (χ3n) is 3.16. The predicted molar refractivity (Wildman–Crippen MR) is 72.6 cm³/mol. The fraction of sp³-hybridized carbons (Fsp3) is 0.417. The first-order chi connectivity index (χ1) is 8.24. The molecule has 0 aliphatic carbocycles. The van der Waals surface area contributed by atoms with Crippen molar-refractivity contribution in [3.63, 3.8) is 0 Å². The smallest absolute Gasteiger partial charge is 0.298 e. The van der Waals surface area contributed by atoms with Crippen molar-refractivity contribution in [3.05, 3.63) is 18.2 Å². The highest BCUT2D eigenvalue weighted by molar-refractivity contribution is 7.99. The minimum Gasteiger partial charge on any atom is -0.423 e. The number of rotatable bonds is 2. The minimum atomic E-state index is 0.533. The van der Waals surface area contributed by atoms with Crippen LogP contribution in [0.2, 0.25) is 0 Å². The van der Waals surface area contributed by atoms with Crippen LogP contribution >= 0.6 is 11.8 Å². The highest BCUT2D eigenvalue weighted by Crippen LogP contribution is 2.28. The van der Waals surface area contributed by atoms with Crippen LogP contribution in [0.3, 0.4) is 0 Å². The zero-order valence-electron chi connectivity index (χ0n) is 9.72. The molecule has 3 rings (SSSR count). The summed E-state index contributed by atoms with van der Waals surface area (Å²) in [5.41, 5.74) is 8.08. The molecule has 0 spiro atoms. The number of nitrogen functional groups attached to an aromatic ring is 1. The standard InChI is InChI=1S/C12H15N3OS/c1-15(9-4-5-17-7-9)12-14-10-6-8(13)2-3-11(10)16-12/h2-3,6,9H,4-5,7,13H2,1H3. The van der Waals surface area contributed by atoms with Gasteiger partial charge in [-0.25, -0.2) is 0 Å². The number of anilines is 2. The lowest BCUT2D eigenvalue weighted by Gasteiger charge is -2.21. The predicted octanol–water partition coefficient (Wildman–Crippen LogP) is 2.35. The van der Waals surface area contributed by atoms with Gasteiger partial charge in [-0.15, -0.1) is 0 Å². The summed E-state index contributed by atoms with van der Waals surface area (Å²) in [7, 11) is 2.05. The van der Waals surface area contributed by atoms with Crippen molar-refractivity contribution in [1.29, 1.82) is 0 Å². The summed E-state index contributed by atoms with van der Waals surface area (Å²) >= 11 is 1.98. The molecule has 2 N–H and O–H groups in total. The van der Waals surface area contributed by atoms with Crippen LogP contribution in [-0.4, -0.2) is 29.6 Å². The van der Waals surface area contributed by atoms with Gasteiger partial charge in [-0.2, -0.15) is 16.7 Å². The van der Waals surface area contributed by atoms with Gasteiger partial charge in [-0.3, -0.25) is 0 Å². The van der Waals surface area contributed by atoms with E-state index in [2.05, 4.69) is 9.88 Å². The maximum Gasteiger partial charge on any atom is 0.298 e. The first kappa shape index (κ1) is 10.8. The maximum atomic E-state index is 5.75. The van der Waals surface area contributed by atoms with Crippen LogP contribution in [0.15, 0.2) is 22.6 Å². The van der Waals surface area contributed by atoms with Crippen LogP contribution in [0, 0.1) is 0 Å². The van der Waals surface area contributed by atoms with Gasteiger partial charge in [0, 0.05) is 24.5 Å². The summed E-state index contributed by atoms with van der Waals surface area (Å²) in [6, 6.07) is 6.78. The highest BCUT2D eigenvalue weighted by Gasteiger charge is 2.23. The van der Waals surface area contributed by atoms with Crippen molar-refractivity contribution >= 4 is 34.6 Å². The van der Waals surface area contributed by atoms with Crippen molar-refractivity contribution in [1.82, 2.24) is 4.98 Å². The molecule has 1 aromatic carbocycles. The van der Waals surface area contributed by atoms with Crippen molar-refractivity contribution in [2.45, 2.75) is 12.5 Å². The van der Waals surface area contributed by atoms with Crippen LogP contribution in [0.25, 0.3) is 11.1 Å². The molecule has 17 heavy (non-hydrogen) atoms. The number of nitrogens with two attached hydrogens (primary N) is 1. The van der Waals surface area contributed by atoms with E-state index in [1.807, 2.05) is 37.0 Å². The molecule has 90 valence electrons. The van der Waals surface area contributed by atoms with Gasteiger partial charge in [0.05, 0.1) is 0 Å². The molecule has 5 heteroatoms. The van der Waals surface area contributed by atoms with Gasteiger partial charge in [0.25, 0.3) is 6.01 Å². The fourth-order valence-corrected chi connectivity index (χ4v) is 3.33. The lowest BCUT2D eigenvalue weighted by Crippen LogP contribution is -2.31. The molecule has 1 aliphatic heterocycles. The average molecular weight is 249 g/mol. The van der Waals surface area contributed by atoms with Crippen LogP contribution in [0.1, 0.15) is 6.42 Å². The lowest BCUT2D eigenvalue weighted by molar-refractivity contribution is 0.552. The molecule has 0 bridgehead atoms. The van der Waals surface area contributed by atoms with E-state index < -0.39 is 0 Å². The Morgan fingerprint density at radius 3 is 3.18 bits per heavy atom. The number of benzene rings is 1. The highest BCUT2D eigenvalue weighted by atomic mass is 32.2.